The van der Waals surface area contributed by atoms with Crippen LogP contribution in [0.3, 0.4) is 0 Å². The highest BCUT2D eigenvalue weighted by Crippen LogP contribution is 2.36. The van der Waals surface area contributed by atoms with Gasteiger partial charge in [-0.3, -0.25) is 4.79 Å². The number of rotatable bonds is 4. The normalized spacial score (nSPS) is 16.5. The first-order valence-electron chi connectivity index (χ1n) is 9.84. The molecule has 6 heteroatoms. The number of imidazole rings is 1. The van der Waals surface area contributed by atoms with Gasteiger partial charge in [0.1, 0.15) is 5.82 Å². The van der Waals surface area contributed by atoms with Gasteiger partial charge in [0.15, 0.2) is 0 Å². The highest BCUT2D eigenvalue weighted by atomic mass is 79.9. The van der Waals surface area contributed by atoms with E-state index in [1.54, 1.807) is 4.90 Å². The number of para-hydroxylation sites is 3. The second-order valence-corrected chi connectivity index (χ2v) is 8.85. The molecule has 1 saturated heterocycles. The number of halogens is 2. The highest BCUT2D eigenvalue weighted by molar-refractivity contribution is 9.10. The van der Waals surface area contributed by atoms with Crippen LogP contribution in [-0.2, 0) is 11.3 Å². The summed E-state index contributed by atoms with van der Waals surface area (Å²) in [6.45, 7) is 1.27. The number of amides is 1. The number of hydrogen-bond donors (Lipinski definition) is 0. The first-order valence-corrected chi connectivity index (χ1v) is 11.0. The lowest BCUT2D eigenvalue weighted by Crippen LogP contribution is -2.24. The van der Waals surface area contributed by atoms with Crippen molar-refractivity contribution < 1.29 is 4.79 Å². The second-order valence-electron chi connectivity index (χ2n) is 7.53. The molecular formula is C24H19BrClN3O. The molecule has 1 aliphatic heterocycles. The molecule has 0 bridgehead atoms. The fourth-order valence-corrected chi connectivity index (χ4v) is 4.86. The standard InChI is InChI=1S/C24H19BrClN3O/c25-18-7-5-6-16(12-18)14-29-22-11-4-2-9-20(22)27-24(29)17-13-23(30)28(15-17)21-10-3-1-8-19(21)26/h1-12,17H,13-15H2. The number of aromatic nitrogens is 2. The summed E-state index contributed by atoms with van der Waals surface area (Å²) < 4.78 is 3.29. The third-order valence-corrected chi connectivity index (χ3v) is 6.36. The Hall–Kier alpha value is -2.63. The summed E-state index contributed by atoms with van der Waals surface area (Å²) in [5, 5.41) is 0.592. The minimum atomic E-state index is 0.00771. The zero-order valence-corrected chi connectivity index (χ0v) is 18.5. The fraction of sp³-hybridized carbons (Fsp3) is 0.167. The van der Waals surface area contributed by atoms with E-state index in [1.807, 2.05) is 54.6 Å². The average Bonchev–Trinajstić information content (AvgIpc) is 3.29. The van der Waals surface area contributed by atoms with Gasteiger partial charge >= 0.3 is 0 Å². The molecular weight excluding hydrogens is 462 g/mol. The van der Waals surface area contributed by atoms with Crippen LogP contribution in [0.15, 0.2) is 77.3 Å². The Balaban J connectivity index is 1.54. The first kappa shape index (κ1) is 19.3. The minimum Gasteiger partial charge on any atom is -0.323 e. The number of anilines is 1. The molecule has 0 spiro atoms. The predicted molar refractivity (Wildman–Crippen MR) is 124 cm³/mol. The van der Waals surface area contributed by atoms with E-state index < -0.39 is 0 Å². The van der Waals surface area contributed by atoms with Gasteiger partial charge in [-0.05, 0) is 42.0 Å². The van der Waals surface area contributed by atoms with Crippen molar-refractivity contribution in [3.8, 4) is 0 Å². The lowest BCUT2D eigenvalue weighted by Gasteiger charge is -2.18. The van der Waals surface area contributed by atoms with Gasteiger partial charge in [-0.15, -0.1) is 0 Å². The van der Waals surface area contributed by atoms with Crippen LogP contribution in [0.25, 0.3) is 11.0 Å². The number of benzene rings is 3. The summed E-state index contributed by atoms with van der Waals surface area (Å²) in [6, 6.07) is 23.9. The van der Waals surface area contributed by atoms with Crippen LogP contribution in [0.4, 0.5) is 5.69 Å². The zero-order chi connectivity index (χ0) is 20.7. The number of carbonyl (C=O) groups excluding carboxylic acids is 1. The van der Waals surface area contributed by atoms with Crippen molar-refractivity contribution >= 4 is 50.2 Å². The van der Waals surface area contributed by atoms with Crippen LogP contribution in [0, 0.1) is 0 Å². The predicted octanol–water partition coefficient (Wildman–Crippen LogP) is 6.02. The van der Waals surface area contributed by atoms with E-state index in [2.05, 4.69) is 38.7 Å². The molecule has 1 atom stereocenters. The number of fused-ring (bicyclic) bond motifs is 1. The van der Waals surface area contributed by atoms with Crippen LogP contribution < -0.4 is 4.90 Å². The van der Waals surface area contributed by atoms with Crippen LogP contribution in [0.1, 0.15) is 23.7 Å². The number of hydrogen-bond acceptors (Lipinski definition) is 2. The topological polar surface area (TPSA) is 38.1 Å². The Morgan fingerprint density at radius 2 is 1.83 bits per heavy atom. The Labute approximate surface area is 188 Å². The van der Waals surface area contributed by atoms with Crippen LogP contribution in [0.5, 0.6) is 0 Å². The van der Waals surface area contributed by atoms with Gasteiger partial charge in [0.25, 0.3) is 0 Å². The molecule has 0 aliphatic carbocycles. The number of nitrogens with zero attached hydrogens (tertiary/aromatic N) is 3. The largest absolute Gasteiger partial charge is 0.323 e. The molecule has 4 nitrogen and oxygen atoms in total. The molecule has 0 radical (unpaired) electrons. The smallest absolute Gasteiger partial charge is 0.227 e. The van der Waals surface area contributed by atoms with Crippen molar-refractivity contribution in [3.05, 3.63) is 93.7 Å². The maximum atomic E-state index is 12.9. The van der Waals surface area contributed by atoms with E-state index in [1.165, 1.54) is 5.56 Å². The Bertz CT molecular complexity index is 1250. The van der Waals surface area contributed by atoms with E-state index in [0.717, 1.165) is 27.0 Å². The molecule has 1 unspecified atom stereocenters. The summed E-state index contributed by atoms with van der Waals surface area (Å²) >= 11 is 9.92. The van der Waals surface area contributed by atoms with Crippen molar-refractivity contribution in [2.45, 2.75) is 18.9 Å². The molecule has 1 aromatic heterocycles. The quantitative estimate of drug-likeness (QED) is 0.358. The van der Waals surface area contributed by atoms with Crippen molar-refractivity contribution in [2.75, 3.05) is 11.4 Å². The third kappa shape index (κ3) is 3.53. The monoisotopic (exact) mass is 479 g/mol. The molecule has 150 valence electrons. The van der Waals surface area contributed by atoms with Crippen molar-refractivity contribution in [1.29, 1.82) is 0 Å². The van der Waals surface area contributed by atoms with Crippen LogP contribution in [-0.4, -0.2) is 22.0 Å². The van der Waals surface area contributed by atoms with Gasteiger partial charge < -0.3 is 9.47 Å². The Morgan fingerprint density at radius 1 is 1.03 bits per heavy atom. The SMILES string of the molecule is O=C1CC(c2nc3ccccc3n2Cc2cccc(Br)c2)CN1c1ccccc1Cl. The molecule has 4 aromatic rings. The van der Waals surface area contributed by atoms with Crippen LogP contribution >= 0.6 is 27.5 Å². The Morgan fingerprint density at radius 3 is 2.67 bits per heavy atom. The van der Waals surface area contributed by atoms with Gasteiger partial charge in [0.05, 0.1) is 21.7 Å². The van der Waals surface area contributed by atoms with Gasteiger partial charge in [0.2, 0.25) is 5.91 Å². The van der Waals surface area contributed by atoms with E-state index in [0.29, 0.717) is 24.5 Å². The molecule has 1 fully saturated rings. The molecule has 3 aromatic carbocycles. The third-order valence-electron chi connectivity index (χ3n) is 5.55. The van der Waals surface area contributed by atoms with Gasteiger partial charge in [-0.1, -0.05) is 63.9 Å². The highest BCUT2D eigenvalue weighted by Gasteiger charge is 2.35. The zero-order valence-electron chi connectivity index (χ0n) is 16.1. The molecule has 0 saturated carbocycles. The molecule has 0 N–H and O–H groups in total. The van der Waals surface area contributed by atoms with E-state index in [4.69, 9.17) is 16.6 Å². The lowest BCUT2D eigenvalue weighted by molar-refractivity contribution is -0.117. The average molecular weight is 481 g/mol. The van der Waals surface area contributed by atoms with Gasteiger partial charge in [0, 0.05) is 29.9 Å². The summed E-state index contributed by atoms with van der Waals surface area (Å²) in [4.78, 5) is 19.6. The molecule has 1 aliphatic rings. The summed E-state index contributed by atoms with van der Waals surface area (Å²) in [5.41, 5.74) is 3.98. The lowest BCUT2D eigenvalue weighted by atomic mass is 10.1. The van der Waals surface area contributed by atoms with Gasteiger partial charge in [-0.2, -0.15) is 0 Å². The molecule has 2 heterocycles. The van der Waals surface area contributed by atoms with Crippen molar-refractivity contribution in [1.82, 2.24) is 9.55 Å². The Kier molecular flexibility index (Phi) is 5.09. The van der Waals surface area contributed by atoms with Gasteiger partial charge in [-0.25, -0.2) is 4.98 Å². The second kappa shape index (κ2) is 7.89. The van der Waals surface area contributed by atoms with E-state index >= 15 is 0 Å². The molecule has 30 heavy (non-hydrogen) atoms. The van der Waals surface area contributed by atoms with Crippen LogP contribution in [0.2, 0.25) is 5.02 Å². The first-order chi connectivity index (χ1) is 14.6. The molecule has 1 amide bonds. The van der Waals surface area contributed by atoms with E-state index in [-0.39, 0.29) is 11.8 Å². The fourth-order valence-electron chi connectivity index (χ4n) is 4.17. The summed E-state index contributed by atoms with van der Waals surface area (Å²) in [6.07, 6.45) is 0.424. The minimum absolute atomic E-state index is 0.00771. The van der Waals surface area contributed by atoms with Crippen molar-refractivity contribution in [2.24, 2.45) is 0 Å². The number of carbonyl (C=O) groups is 1. The summed E-state index contributed by atoms with van der Waals surface area (Å²) in [5.74, 6) is 1.03. The maximum absolute atomic E-state index is 12.9. The molecule has 5 rings (SSSR count). The van der Waals surface area contributed by atoms with Crippen molar-refractivity contribution in [3.63, 3.8) is 0 Å². The summed E-state index contributed by atoms with van der Waals surface area (Å²) in [7, 11) is 0. The maximum Gasteiger partial charge on any atom is 0.227 e. The van der Waals surface area contributed by atoms with E-state index in [9.17, 15) is 4.79 Å².